The Morgan fingerprint density at radius 3 is 3.07 bits per heavy atom. The minimum Gasteiger partial charge on any atom is -0.459 e. The van der Waals surface area contributed by atoms with Gasteiger partial charge in [-0.1, -0.05) is 6.58 Å². The molecule has 4 atom stereocenters. The van der Waals surface area contributed by atoms with Gasteiger partial charge in [0.05, 0.1) is 12.7 Å². The van der Waals surface area contributed by atoms with Crippen LogP contribution in [-0.2, 0) is 14.3 Å². The second-order valence-electron chi connectivity index (χ2n) is 4.54. The molecule has 0 aromatic heterocycles. The van der Waals surface area contributed by atoms with Crippen molar-refractivity contribution in [3.63, 3.8) is 0 Å². The molecule has 1 aliphatic carbocycles. The minimum absolute atomic E-state index is 0.0747. The van der Waals surface area contributed by atoms with Crippen LogP contribution in [0.1, 0.15) is 26.2 Å². The molecule has 1 saturated heterocycles. The summed E-state index contributed by atoms with van der Waals surface area (Å²) < 4.78 is 10.9. The first-order valence-corrected chi connectivity index (χ1v) is 5.65. The Balaban J connectivity index is 1.88. The second-order valence-corrected chi connectivity index (χ2v) is 4.54. The first-order chi connectivity index (χ1) is 7.20. The quantitative estimate of drug-likeness (QED) is 0.516. The molecule has 1 saturated carbocycles. The van der Waals surface area contributed by atoms with Gasteiger partial charge in [-0.2, -0.15) is 0 Å². The lowest BCUT2D eigenvalue weighted by atomic mass is 9.77. The van der Waals surface area contributed by atoms with Crippen molar-refractivity contribution in [2.45, 2.75) is 38.4 Å². The summed E-state index contributed by atoms with van der Waals surface area (Å²) in [6.07, 6.45) is 4.72. The molecule has 0 spiro atoms. The molecule has 0 radical (unpaired) electrons. The zero-order valence-electron chi connectivity index (χ0n) is 9.15. The number of hydrogen-bond donors (Lipinski definition) is 0. The average molecular weight is 210 g/mol. The van der Waals surface area contributed by atoms with Gasteiger partial charge in [0.1, 0.15) is 6.10 Å². The largest absolute Gasteiger partial charge is 0.459 e. The Morgan fingerprint density at radius 2 is 2.33 bits per heavy atom. The van der Waals surface area contributed by atoms with E-state index in [1.165, 1.54) is 6.08 Å². The van der Waals surface area contributed by atoms with Crippen LogP contribution in [0.2, 0.25) is 0 Å². The molecule has 1 aliphatic heterocycles. The molecule has 3 heteroatoms. The van der Waals surface area contributed by atoms with Gasteiger partial charge in [0.2, 0.25) is 0 Å². The minimum atomic E-state index is -0.301. The van der Waals surface area contributed by atoms with Crippen LogP contribution in [0.4, 0.5) is 0 Å². The molecule has 2 fully saturated rings. The van der Waals surface area contributed by atoms with Gasteiger partial charge in [-0.05, 0) is 38.0 Å². The molecule has 0 aromatic rings. The van der Waals surface area contributed by atoms with Crippen molar-refractivity contribution in [3.8, 4) is 0 Å². The highest BCUT2D eigenvalue weighted by atomic mass is 16.5. The summed E-state index contributed by atoms with van der Waals surface area (Å²) in [5, 5.41) is 0. The highest BCUT2D eigenvalue weighted by molar-refractivity contribution is 5.81. The number of fused-ring (bicyclic) bond motifs is 1. The molecule has 2 aliphatic rings. The van der Waals surface area contributed by atoms with Crippen LogP contribution in [0.3, 0.4) is 0 Å². The Kier molecular flexibility index (Phi) is 3.10. The summed E-state index contributed by atoms with van der Waals surface area (Å²) in [5.74, 6) is 0.950. The highest BCUT2D eigenvalue weighted by Gasteiger charge is 2.40. The Hall–Kier alpha value is -0.830. The number of esters is 1. The molecule has 0 bridgehead atoms. The standard InChI is InChI=1S/C12H18O3/c1-3-12(13)15-10-4-5-11-8(2)14-7-9(11)6-10/h3,8-11H,1,4-7H2,2H3. The molecule has 84 valence electrons. The van der Waals surface area contributed by atoms with Crippen LogP contribution >= 0.6 is 0 Å². The van der Waals surface area contributed by atoms with E-state index in [0.717, 1.165) is 25.9 Å². The van der Waals surface area contributed by atoms with Crippen LogP contribution in [-0.4, -0.2) is 24.8 Å². The molecule has 4 unspecified atom stereocenters. The zero-order chi connectivity index (χ0) is 10.8. The molecule has 0 amide bonds. The van der Waals surface area contributed by atoms with Gasteiger partial charge in [0.25, 0.3) is 0 Å². The highest BCUT2D eigenvalue weighted by Crippen LogP contribution is 2.39. The van der Waals surface area contributed by atoms with Gasteiger partial charge in [0, 0.05) is 6.08 Å². The van der Waals surface area contributed by atoms with E-state index in [1.807, 2.05) is 0 Å². The Labute approximate surface area is 90.4 Å². The molecular weight excluding hydrogens is 192 g/mol. The van der Waals surface area contributed by atoms with Crippen molar-refractivity contribution in [2.75, 3.05) is 6.61 Å². The van der Waals surface area contributed by atoms with Crippen molar-refractivity contribution in [1.29, 1.82) is 0 Å². The number of hydrogen-bond acceptors (Lipinski definition) is 3. The van der Waals surface area contributed by atoms with E-state index >= 15 is 0 Å². The summed E-state index contributed by atoms with van der Waals surface area (Å²) in [6.45, 7) is 6.37. The monoisotopic (exact) mass is 210 g/mol. The summed E-state index contributed by atoms with van der Waals surface area (Å²) in [6, 6.07) is 0. The molecule has 0 aromatic carbocycles. The molecule has 3 nitrogen and oxygen atoms in total. The van der Waals surface area contributed by atoms with Crippen LogP contribution < -0.4 is 0 Å². The van der Waals surface area contributed by atoms with Crippen LogP contribution in [0.25, 0.3) is 0 Å². The fourth-order valence-corrected chi connectivity index (χ4v) is 2.77. The van der Waals surface area contributed by atoms with Crippen LogP contribution in [0.15, 0.2) is 12.7 Å². The van der Waals surface area contributed by atoms with Crippen molar-refractivity contribution in [3.05, 3.63) is 12.7 Å². The second kappa shape index (κ2) is 4.35. The van der Waals surface area contributed by atoms with E-state index in [4.69, 9.17) is 9.47 Å². The molecule has 15 heavy (non-hydrogen) atoms. The maximum absolute atomic E-state index is 11.1. The summed E-state index contributed by atoms with van der Waals surface area (Å²) in [7, 11) is 0. The SMILES string of the molecule is C=CC(=O)OC1CCC2C(COC2C)C1. The fourth-order valence-electron chi connectivity index (χ4n) is 2.77. The fraction of sp³-hybridized carbons (Fsp3) is 0.750. The summed E-state index contributed by atoms with van der Waals surface area (Å²) >= 11 is 0. The number of rotatable bonds is 2. The van der Waals surface area contributed by atoms with Gasteiger partial charge in [0.15, 0.2) is 0 Å². The number of ether oxygens (including phenoxy) is 2. The van der Waals surface area contributed by atoms with E-state index in [9.17, 15) is 4.79 Å². The number of carbonyl (C=O) groups is 1. The van der Waals surface area contributed by atoms with Gasteiger partial charge in [-0.3, -0.25) is 0 Å². The average Bonchev–Trinajstić information content (AvgIpc) is 2.60. The lowest BCUT2D eigenvalue weighted by molar-refractivity contribution is -0.145. The lowest BCUT2D eigenvalue weighted by Crippen LogP contribution is -2.31. The van der Waals surface area contributed by atoms with Gasteiger partial charge in [-0.25, -0.2) is 4.79 Å². The first-order valence-electron chi connectivity index (χ1n) is 5.65. The third kappa shape index (κ3) is 2.23. The van der Waals surface area contributed by atoms with Crippen molar-refractivity contribution < 1.29 is 14.3 Å². The summed E-state index contributed by atoms with van der Waals surface area (Å²) in [5.41, 5.74) is 0. The number of carbonyl (C=O) groups excluding carboxylic acids is 1. The zero-order valence-corrected chi connectivity index (χ0v) is 9.15. The van der Waals surface area contributed by atoms with Gasteiger partial charge in [-0.15, -0.1) is 0 Å². The smallest absolute Gasteiger partial charge is 0.330 e. The molecular formula is C12H18O3. The van der Waals surface area contributed by atoms with E-state index in [0.29, 0.717) is 17.9 Å². The normalized spacial score (nSPS) is 39.5. The third-order valence-corrected chi connectivity index (χ3v) is 3.62. The van der Waals surface area contributed by atoms with Crippen LogP contribution in [0.5, 0.6) is 0 Å². The van der Waals surface area contributed by atoms with E-state index in [-0.39, 0.29) is 12.1 Å². The van der Waals surface area contributed by atoms with Gasteiger partial charge >= 0.3 is 5.97 Å². The molecule has 1 heterocycles. The van der Waals surface area contributed by atoms with Crippen molar-refractivity contribution >= 4 is 5.97 Å². The lowest BCUT2D eigenvalue weighted by Gasteiger charge is -2.31. The predicted molar refractivity (Wildman–Crippen MR) is 56.3 cm³/mol. The Morgan fingerprint density at radius 1 is 1.53 bits per heavy atom. The van der Waals surface area contributed by atoms with Crippen molar-refractivity contribution in [2.24, 2.45) is 11.8 Å². The predicted octanol–water partition coefficient (Wildman–Crippen LogP) is 1.92. The Bertz CT molecular complexity index is 262. The maximum atomic E-state index is 11.1. The van der Waals surface area contributed by atoms with E-state index in [1.54, 1.807) is 0 Å². The van der Waals surface area contributed by atoms with Crippen molar-refractivity contribution in [1.82, 2.24) is 0 Å². The van der Waals surface area contributed by atoms with Crippen LogP contribution in [0, 0.1) is 11.8 Å². The summed E-state index contributed by atoms with van der Waals surface area (Å²) in [4.78, 5) is 11.1. The molecule has 0 N–H and O–H groups in total. The maximum Gasteiger partial charge on any atom is 0.330 e. The third-order valence-electron chi connectivity index (χ3n) is 3.62. The molecule has 2 rings (SSSR count). The van der Waals surface area contributed by atoms with E-state index in [2.05, 4.69) is 13.5 Å². The topological polar surface area (TPSA) is 35.5 Å². The van der Waals surface area contributed by atoms with Gasteiger partial charge < -0.3 is 9.47 Å². The van der Waals surface area contributed by atoms with E-state index < -0.39 is 0 Å². The first kappa shape index (κ1) is 10.7.